The predicted octanol–water partition coefficient (Wildman–Crippen LogP) is 6.32. The molecule has 1 saturated heterocycles. The molecule has 12 heteroatoms. The number of hydrogen-bond acceptors (Lipinski definition) is 8. The number of anilines is 1. The fourth-order valence-corrected chi connectivity index (χ4v) is 6.65. The molecule has 0 saturated carbocycles. The Kier molecular flexibility index (Phi) is 7.96. The first kappa shape index (κ1) is 30.7. The van der Waals surface area contributed by atoms with Crippen molar-refractivity contribution in [2.45, 2.75) is 36.2 Å². The van der Waals surface area contributed by atoms with Crippen LogP contribution in [0.2, 0.25) is 0 Å². The van der Waals surface area contributed by atoms with E-state index in [9.17, 15) is 37.6 Å². The van der Waals surface area contributed by atoms with E-state index in [-0.39, 0.29) is 39.6 Å². The third-order valence-electron chi connectivity index (χ3n) is 7.76. The van der Waals surface area contributed by atoms with Gasteiger partial charge in [0.15, 0.2) is 12.4 Å². The summed E-state index contributed by atoms with van der Waals surface area (Å²) in [4.78, 5) is 55.9. The van der Waals surface area contributed by atoms with Gasteiger partial charge in [-0.3, -0.25) is 14.4 Å². The molecule has 1 unspecified atom stereocenters. The molecule has 1 aliphatic carbocycles. The number of hydrogen-bond donors (Lipinski definition) is 0. The van der Waals surface area contributed by atoms with Crippen LogP contribution in [0.3, 0.4) is 0 Å². The zero-order valence-corrected chi connectivity index (χ0v) is 24.9. The average molecular weight is 642 g/mol. The first-order valence-corrected chi connectivity index (χ1v) is 14.9. The number of aryl methyl sites for hydroxylation is 1. The van der Waals surface area contributed by atoms with Gasteiger partial charge in [-0.1, -0.05) is 48.2 Å². The van der Waals surface area contributed by atoms with E-state index in [1.807, 2.05) is 36.4 Å². The summed E-state index contributed by atoms with van der Waals surface area (Å²) in [5.74, 6) is -2.46. The number of ketones is 1. The number of carbonyl (C=O) groups excluding carboxylic acids is 4. The average Bonchev–Trinajstić information content (AvgIpc) is 3.54. The molecule has 0 N–H and O–H groups in total. The normalized spacial score (nSPS) is 15.4. The fraction of sp³-hybridized carbons (Fsp3) is 0.176. The summed E-state index contributed by atoms with van der Waals surface area (Å²) in [5.41, 5.74) is 3.77. The molecule has 0 spiro atoms. The van der Waals surface area contributed by atoms with Crippen molar-refractivity contribution in [1.82, 2.24) is 4.98 Å². The van der Waals surface area contributed by atoms with E-state index in [1.54, 1.807) is 12.1 Å². The topological polar surface area (TPSA) is 117 Å². The predicted molar refractivity (Wildman–Crippen MR) is 161 cm³/mol. The lowest BCUT2D eigenvalue weighted by Crippen LogP contribution is -2.31. The number of rotatable bonds is 7. The maximum Gasteiger partial charge on any atom is 0.433 e. The third-order valence-corrected chi connectivity index (χ3v) is 8.93. The molecule has 2 heterocycles. The minimum absolute atomic E-state index is 0.0448. The van der Waals surface area contributed by atoms with E-state index >= 15 is 0 Å². The molecular formula is C34H22F3N3O5S. The zero-order valence-electron chi connectivity index (χ0n) is 24.1. The Morgan fingerprint density at radius 3 is 2.41 bits per heavy atom. The number of carbonyl (C=O) groups is 4. The van der Waals surface area contributed by atoms with Crippen LogP contribution in [0.15, 0.2) is 77.8 Å². The molecule has 1 aliphatic heterocycles. The number of thioether (sulfide) groups is 1. The molecular weight excluding hydrogens is 619 g/mol. The van der Waals surface area contributed by atoms with Crippen molar-refractivity contribution in [3.63, 3.8) is 0 Å². The van der Waals surface area contributed by atoms with Crippen LogP contribution < -0.4 is 4.90 Å². The van der Waals surface area contributed by atoms with Crippen molar-refractivity contribution in [2.75, 3.05) is 11.5 Å². The minimum Gasteiger partial charge on any atom is -0.454 e. The third kappa shape index (κ3) is 5.77. The van der Waals surface area contributed by atoms with E-state index in [0.717, 1.165) is 27.7 Å². The second-order valence-corrected chi connectivity index (χ2v) is 11.9. The molecule has 8 nitrogen and oxygen atoms in total. The van der Waals surface area contributed by atoms with E-state index in [0.29, 0.717) is 23.7 Å². The summed E-state index contributed by atoms with van der Waals surface area (Å²) in [5, 5.41) is 8.07. The van der Waals surface area contributed by atoms with Gasteiger partial charge in [0.05, 0.1) is 22.1 Å². The molecule has 2 aliphatic rings. The van der Waals surface area contributed by atoms with Crippen molar-refractivity contribution in [2.24, 2.45) is 0 Å². The maximum atomic E-state index is 13.3. The number of nitriles is 1. The summed E-state index contributed by atoms with van der Waals surface area (Å²) < 4.78 is 45.2. The van der Waals surface area contributed by atoms with E-state index in [2.05, 4.69) is 4.98 Å². The maximum absolute atomic E-state index is 13.3. The number of pyridine rings is 1. The summed E-state index contributed by atoms with van der Waals surface area (Å²) in [6, 6.07) is 21.4. The Balaban J connectivity index is 1.10. The molecule has 230 valence electrons. The summed E-state index contributed by atoms with van der Waals surface area (Å²) in [7, 11) is 0. The number of esters is 1. The lowest BCUT2D eigenvalue weighted by atomic mass is 10.0. The molecule has 4 aromatic rings. The van der Waals surface area contributed by atoms with Gasteiger partial charge in [0.25, 0.3) is 0 Å². The van der Waals surface area contributed by atoms with Gasteiger partial charge in [0.2, 0.25) is 11.8 Å². The van der Waals surface area contributed by atoms with Gasteiger partial charge in [-0.05, 0) is 77.6 Å². The van der Waals surface area contributed by atoms with E-state index < -0.39 is 41.5 Å². The highest BCUT2D eigenvalue weighted by molar-refractivity contribution is 8.00. The molecule has 46 heavy (non-hydrogen) atoms. The number of alkyl halides is 3. The van der Waals surface area contributed by atoms with E-state index in [1.165, 1.54) is 36.8 Å². The van der Waals surface area contributed by atoms with Crippen molar-refractivity contribution in [1.29, 1.82) is 5.26 Å². The Bertz CT molecular complexity index is 1990. The van der Waals surface area contributed by atoms with Gasteiger partial charge in [-0.15, -0.1) is 0 Å². The van der Waals surface area contributed by atoms with Gasteiger partial charge in [0, 0.05) is 12.0 Å². The zero-order chi connectivity index (χ0) is 32.7. The van der Waals surface area contributed by atoms with Gasteiger partial charge < -0.3 is 4.74 Å². The van der Waals surface area contributed by atoms with Crippen LogP contribution >= 0.6 is 11.8 Å². The SMILES string of the molecule is Cc1cc(C(F)(F)F)nc(SC2CC(=O)N(c3ccc(C(=O)OCC(=O)c4ccc5c(c4)Cc4ccccc4-5)cc3)C2=O)c1C#N. The Labute approximate surface area is 264 Å². The first-order chi connectivity index (χ1) is 21.9. The number of ether oxygens (including phenoxy) is 1. The lowest BCUT2D eigenvalue weighted by Gasteiger charge is -2.16. The van der Waals surface area contributed by atoms with Crippen LogP contribution in [0.4, 0.5) is 18.9 Å². The molecule has 3 aromatic carbocycles. The van der Waals surface area contributed by atoms with Crippen molar-refractivity contribution >= 4 is 41.0 Å². The fourth-order valence-electron chi connectivity index (χ4n) is 5.48. The number of benzene rings is 3. The second-order valence-electron chi connectivity index (χ2n) is 10.7. The van der Waals surface area contributed by atoms with Crippen LogP contribution in [0.1, 0.15) is 55.1 Å². The minimum atomic E-state index is -4.76. The summed E-state index contributed by atoms with van der Waals surface area (Å²) >= 11 is 0.624. The van der Waals surface area contributed by atoms with Crippen molar-refractivity contribution in [3.8, 4) is 17.2 Å². The molecule has 1 atom stereocenters. The van der Waals surface area contributed by atoms with Gasteiger partial charge in [-0.25, -0.2) is 14.7 Å². The van der Waals surface area contributed by atoms with Gasteiger partial charge >= 0.3 is 12.1 Å². The largest absolute Gasteiger partial charge is 0.454 e. The van der Waals surface area contributed by atoms with Crippen molar-refractivity contribution in [3.05, 3.63) is 112 Å². The van der Waals surface area contributed by atoms with E-state index in [4.69, 9.17) is 4.74 Å². The van der Waals surface area contributed by atoms with Gasteiger partial charge in [-0.2, -0.15) is 18.4 Å². The van der Waals surface area contributed by atoms with Crippen LogP contribution in [0.25, 0.3) is 11.1 Å². The number of fused-ring (bicyclic) bond motifs is 3. The molecule has 2 amide bonds. The lowest BCUT2D eigenvalue weighted by molar-refractivity contribution is -0.141. The van der Waals surface area contributed by atoms with Crippen molar-refractivity contribution < 1.29 is 37.1 Å². The number of halogens is 3. The highest BCUT2D eigenvalue weighted by Gasteiger charge is 2.42. The standard InChI is InChI=1S/C34H22F3N3O5S/c1-18-12-29(34(35,36)37)39-31(26(18)16-38)46-28-15-30(42)40(32(28)43)23-9-6-19(7-10-23)33(44)45-17-27(41)21-8-11-25-22(14-21)13-20-4-2-3-5-24(20)25/h2-12,14,28H,13,15,17H2,1H3. The summed E-state index contributed by atoms with van der Waals surface area (Å²) in [6.45, 7) is 0.851. The second kappa shape index (κ2) is 11.9. The number of aromatic nitrogens is 1. The Hall–Kier alpha value is -5.28. The first-order valence-electron chi connectivity index (χ1n) is 14.0. The monoisotopic (exact) mass is 641 g/mol. The van der Waals surface area contributed by atoms with Crippen LogP contribution in [0, 0.1) is 18.3 Å². The van der Waals surface area contributed by atoms with Crippen LogP contribution in [0.5, 0.6) is 0 Å². The van der Waals surface area contributed by atoms with Gasteiger partial charge in [0.1, 0.15) is 16.8 Å². The number of Topliss-reactive ketones (excluding diaryl/α,β-unsaturated/α-hetero) is 1. The molecule has 1 aromatic heterocycles. The molecule has 0 bridgehead atoms. The highest BCUT2D eigenvalue weighted by Crippen LogP contribution is 2.39. The smallest absolute Gasteiger partial charge is 0.433 e. The Morgan fingerprint density at radius 2 is 1.70 bits per heavy atom. The Morgan fingerprint density at radius 1 is 1.00 bits per heavy atom. The quantitative estimate of drug-likeness (QED) is 0.115. The molecule has 0 radical (unpaired) electrons. The number of amides is 2. The molecule has 6 rings (SSSR count). The number of imide groups is 1. The van der Waals surface area contributed by atoms with Crippen LogP contribution in [-0.2, 0) is 26.9 Å². The highest BCUT2D eigenvalue weighted by atomic mass is 32.2. The van der Waals surface area contributed by atoms with Crippen LogP contribution in [-0.4, -0.2) is 40.4 Å². The molecule has 1 fully saturated rings. The number of nitrogens with zero attached hydrogens (tertiary/aromatic N) is 3. The summed E-state index contributed by atoms with van der Waals surface area (Å²) in [6.07, 6.45) is -4.38.